The van der Waals surface area contributed by atoms with Gasteiger partial charge in [-0.05, 0) is 73.5 Å². The van der Waals surface area contributed by atoms with Crippen molar-refractivity contribution in [2.24, 2.45) is 34.3 Å². The molecule has 118 valence electrons. The first-order chi connectivity index (χ1) is 9.94. The highest BCUT2D eigenvalue weighted by Gasteiger charge is 2.56. The quantitative estimate of drug-likeness (QED) is 0.669. The SMILES string of the molecule is C[C@@]12CCC[C@H]1[C@@H]1CC=C3CC(O)C(N)C[C@]3(C)[C@@H]1CC2. The van der Waals surface area contributed by atoms with Crippen LogP contribution in [-0.2, 0) is 0 Å². The Morgan fingerprint density at radius 3 is 2.81 bits per heavy atom. The maximum atomic E-state index is 10.2. The van der Waals surface area contributed by atoms with Crippen molar-refractivity contribution in [3.8, 4) is 0 Å². The molecule has 0 heterocycles. The van der Waals surface area contributed by atoms with Crippen LogP contribution >= 0.6 is 0 Å². The second kappa shape index (κ2) is 4.58. The molecule has 3 saturated carbocycles. The molecule has 4 aliphatic carbocycles. The van der Waals surface area contributed by atoms with Crippen LogP contribution in [0.2, 0.25) is 0 Å². The average Bonchev–Trinajstić information content (AvgIpc) is 2.82. The molecule has 7 atom stereocenters. The maximum absolute atomic E-state index is 10.2. The van der Waals surface area contributed by atoms with Gasteiger partial charge in [-0.3, -0.25) is 0 Å². The molecular weight excluding hydrogens is 258 g/mol. The Kier molecular flexibility index (Phi) is 3.11. The lowest BCUT2D eigenvalue weighted by atomic mass is 9.48. The zero-order valence-electron chi connectivity index (χ0n) is 13.6. The Hall–Kier alpha value is -0.340. The molecule has 3 N–H and O–H groups in total. The van der Waals surface area contributed by atoms with Crippen molar-refractivity contribution in [1.29, 1.82) is 0 Å². The molecule has 0 aromatic heterocycles. The Bertz CT molecular complexity index is 472. The maximum Gasteiger partial charge on any atom is 0.0728 e. The van der Waals surface area contributed by atoms with Crippen LogP contribution in [0.1, 0.15) is 65.2 Å². The standard InChI is InChI=1S/C19H31NO/c1-18-8-3-4-14(18)13-6-5-12-10-17(21)16(20)11-19(12,2)15(13)7-9-18/h5,13-17,21H,3-4,6-11,20H2,1-2H3/t13-,14-,15+,16?,17?,18-,19-/m0/s1. The van der Waals surface area contributed by atoms with E-state index in [1.54, 1.807) is 0 Å². The van der Waals surface area contributed by atoms with Crippen LogP contribution < -0.4 is 5.73 Å². The molecule has 0 radical (unpaired) electrons. The van der Waals surface area contributed by atoms with E-state index in [1.807, 2.05) is 0 Å². The fourth-order valence-corrected chi connectivity index (χ4v) is 6.75. The van der Waals surface area contributed by atoms with Crippen molar-refractivity contribution in [3.63, 3.8) is 0 Å². The summed E-state index contributed by atoms with van der Waals surface area (Å²) >= 11 is 0. The van der Waals surface area contributed by atoms with Crippen LogP contribution in [0.4, 0.5) is 0 Å². The van der Waals surface area contributed by atoms with Gasteiger partial charge < -0.3 is 10.8 Å². The third kappa shape index (κ3) is 1.91. The lowest BCUT2D eigenvalue weighted by molar-refractivity contribution is -0.0408. The molecule has 4 rings (SSSR count). The molecule has 2 heteroatoms. The van der Waals surface area contributed by atoms with Crippen LogP contribution in [0.25, 0.3) is 0 Å². The summed E-state index contributed by atoms with van der Waals surface area (Å²) in [5, 5.41) is 10.2. The number of hydrogen-bond acceptors (Lipinski definition) is 2. The van der Waals surface area contributed by atoms with E-state index in [2.05, 4.69) is 19.9 Å². The van der Waals surface area contributed by atoms with Crippen LogP contribution in [0, 0.1) is 28.6 Å². The predicted octanol–water partition coefficient (Wildman–Crippen LogP) is 3.64. The molecule has 2 nitrogen and oxygen atoms in total. The first kappa shape index (κ1) is 14.3. The smallest absolute Gasteiger partial charge is 0.0728 e. The lowest BCUT2D eigenvalue weighted by Gasteiger charge is -2.58. The van der Waals surface area contributed by atoms with Crippen LogP contribution in [0.15, 0.2) is 11.6 Å². The third-order valence-electron chi connectivity index (χ3n) is 7.99. The number of aliphatic hydroxyl groups excluding tert-OH is 1. The second-order valence-corrected chi connectivity index (χ2v) is 8.98. The number of rotatable bonds is 0. The minimum absolute atomic E-state index is 0.0252. The van der Waals surface area contributed by atoms with E-state index in [4.69, 9.17) is 5.73 Å². The highest BCUT2D eigenvalue weighted by molar-refractivity contribution is 5.26. The first-order valence-corrected chi connectivity index (χ1v) is 9.07. The topological polar surface area (TPSA) is 46.2 Å². The van der Waals surface area contributed by atoms with E-state index >= 15 is 0 Å². The summed E-state index contributed by atoms with van der Waals surface area (Å²) < 4.78 is 0. The summed E-state index contributed by atoms with van der Waals surface area (Å²) in [6.07, 6.45) is 12.4. The van der Waals surface area contributed by atoms with Gasteiger partial charge in [-0.2, -0.15) is 0 Å². The molecule has 21 heavy (non-hydrogen) atoms. The van der Waals surface area contributed by atoms with E-state index in [0.29, 0.717) is 5.41 Å². The van der Waals surface area contributed by atoms with Crippen LogP contribution in [0.5, 0.6) is 0 Å². The summed E-state index contributed by atoms with van der Waals surface area (Å²) in [7, 11) is 0. The Balaban J connectivity index is 1.69. The number of fused-ring (bicyclic) bond motifs is 5. The minimum Gasteiger partial charge on any atom is -0.391 e. The van der Waals surface area contributed by atoms with Gasteiger partial charge >= 0.3 is 0 Å². The molecule has 0 bridgehead atoms. The molecule has 0 aromatic carbocycles. The van der Waals surface area contributed by atoms with Gasteiger partial charge in [0.25, 0.3) is 0 Å². The van der Waals surface area contributed by atoms with Gasteiger partial charge in [0, 0.05) is 6.04 Å². The molecular formula is C19H31NO. The third-order valence-corrected chi connectivity index (χ3v) is 7.99. The monoisotopic (exact) mass is 289 g/mol. The summed E-state index contributed by atoms with van der Waals surface area (Å²) in [6.45, 7) is 5.01. The minimum atomic E-state index is -0.318. The number of nitrogens with two attached hydrogens (primary N) is 1. The molecule has 0 aromatic rings. The van der Waals surface area contributed by atoms with Crippen molar-refractivity contribution < 1.29 is 5.11 Å². The van der Waals surface area contributed by atoms with E-state index in [-0.39, 0.29) is 17.6 Å². The van der Waals surface area contributed by atoms with Crippen LogP contribution in [0.3, 0.4) is 0 Å². The van der Waals surface area contributed by atoms with E-state index < -0.39 is 0 Å². The molecule has 2 unspecified atom stereocenters. The van der Waals surface area contributed by atoms with E-state index in [0.717, 1.165) is 30.6 Å². The van der Waals surface area contributed by atoms with Gasteiger partial charge in [0.2, 0.25) is 0 Å². The van der Waals surface area contributed by atoms with E-state index in [9.17, 15) is 5.11 Å². The first-order valence-electron chi connectivity index (χ1n) is 9.07. The van der Waals surface area contributed by atoms with Crippen molar-refractivity contribution in [2.45, 2.75) is 77.4 Å². The number of allylic oxidation sites excluding steroid dienone is 1. The van der Waals surface area contributed by atoms with Gasteiger partial charge in [-0.1, -0.05) is 31.9 Å². The van der Waals surface area contributed by atoms with Crippen LogP contribution in [-0.4, -0.2) is 17.3 Å². The molecule has 0 aliphatic heterocycles. The molecule has 0 saturated heterocycles. The average molecular weight is 289 g/mol. The Morgan fingerprint density at radius 2 is 2.00 bits per heavy atom. The van der Waals surface area contributed by atoms with Crippen molar-refractivity contribution in [2.75, 3.05) is 0 Å². The van der Waals surface area contributed by atoms with Gasteiger partial charge in [-0.25, -0.2) is 0 Å². The van der Waals surface area contributed by atoms with Gasteiger partial charge in [0.05, 0.1) is 6.10 Å². The van der Waals surface area contributed by atoms with Gasteiger partial charge in [0.1, 0.15) is 0 Å². The fourth-order valence-electron chi connectivity index (χ4n) is 6.75. The predicted molar refractivity (Wildman–Crippen MR) is 85.7 cm³/mol. The Labute approximate surface area is 129 Å². The molecule has 0 spiro atoms. The van der Waals surface area contributed by atoms with E-state index in [1.165, 1.54) is 44.1 Å². The van der Waals surface area contributed by atoms with Crippen molar-refractivity contribution in [3.05, 3.63) is 11.6 Å². The van der Waals surface area contributed by atoms with Gasteiger partial charge in [0.15, 0.2) is 0 Å². The zero-order valence-corrected chi connectivity index (χ0v) is 13.6. The summed E-state index contributed by atoms with van der Waals surface area (Å²) in [6, 6.07) is -0.0252. The molecule has 0 amide bonds. The largest absolute Gasteiger partial charge is 0.391 e. The molecule has 4 aliphatic rings. The lowest BCUT2D eigenvalue weighted by Crippen LogP contribution is -2.54. The highest BCUT2D eigenvalue weighted by atomic mass is 16.3. The molecule has 3 fully saturated rings. The highest BCUT2D eigenvalue weighted by Crippen LogP contribution is 2.64. The number of hydrogen-bond donors (Lipinski definition) is 2. The summed E-state index contributed by atoms with van der Waals surface area (Å²) in [4.78, 5) is 0. The van der Waals surface area contributed by atoms with Gasteiger partial charge in [-0.15, -0.1) is 0 Å². The second-order valence-electron chi connectivity index (χ2n) is 8.98. The number of aliphatic hydroxyl groups is 1. The van der Waals surface area contributed by atoms with Crippen molar-refractivity contribution >= 4 is 0 Å². The normalized spacial score (nSPS) is 56.2. The van der Waals surface area contributed by atoms with Crippen molar-refractivity contribution in [1.82, 2.24) is 0 Å². The summed E-state index contributed by atoms with van der Waals surface area (Å²) in [5.41, 5.74) is 8.67. The fraction of sp³-hybridized carbons (Fsp3) is 0.895. The zero-order chi connectivity index (χ0) is 14.8. The summed E-state index contributed by atoms with van der Waals surface area (Å²) in [5.74, 6) is 2.63. The Morgan fingerprint density at radius 1 is 1.19 bits per heavy atom.